The van der Waals surface area contributed by atoms with Crippen LogP contribution in [0.3, 0.4) is 0 Å². The SMILES string of the molecule is CC(=NN(Cc1ccccc1)c1ccccc1)c1ccc([N+](=O)[O-])cc1. The third kappa shape index (κ3) is 4.33. The molecule has 0 aromatic heterocycles. The van der Waals surface area contributed by atoms with Crippen molar-refractivity contribution in [1.82, 2.24) is 0 Å². The van der Waals surface area contributed by atoms with E-state index in [4.69, 9.17) is 5.10 Å². The largest absolute Gasteiger partial charge is 0.269 e. The maximum atomic E-state index is 10.8. The van der Waals surface area contributed by atoms with Crippen molar-refractivity contribution in [1.29, 1.82) is 0 Å². The quantitative estimate of drug-likeness (QED) is 0.358. The number of hydrogen-bond donors (Lipinski definition) is 0. The highest BCUT2D eigenvalue weighted by atomic mass is 16.6. The van der Waals surface area contributed by atoms with Crippen molar-refractivity contribution in [3.63, 3.8) is 0 Å². The molecule has 3 rings (SSSR count). The fraction of sp³-hybridized carbons (Fsp3) is 0.0952. The molecule has 5 nitrogen and oxygen atoms in total. The van der Waals surface area contributed by atoms with E-state index in [0.29, 0.717) is 6.54 Å². The highest BCUT2D eigenvalue weighted by Gasteiger charge is 2.09. The van der Waals surface area contributed by atoms with Gasteiger partial charge in [-0.25, -0.2) is 0 Å². The number of nitro benzene ring substituents is 1. The Labute approximate surface area is 152 Å². The second-order valence-electron chi connectivity index (χ2n) is 5.87. The molecule has 3 aromatic carbocycles. The fourth-order valence-corrected chi connectivity index (χ4v) is 2.60. The van der Waals surface area contributed by atoms with E-state index in [1.165, 1.54) is 12.1 Å². The Hall–Kier alpha value is -3.47. The van der Waals surface area contributed by atoms with Gasteiger partial charge in [-0.1, -0.05) is 48.5 Å². The lowest BCUT2D eigenvalue weighted by Crippen LogP contribution is -2.18. The van der Waals surface area contributed by atoms with Crippen molar-refractivity contribution < 1.29 is 4.92 Å². The molecule has 3 aromatic rings. The van der Waals surface area contributed by atoms with Crippen LogP contribution in [0.2, 0.25) is 0 Å². The van der Waals surface area contributed by atoms with Gasteiger partial charge < -0.3 is 0 Å². The van der Waals surface area contributed by atoms with Crippen LogP contribution in [-0.4, -0.2) is 10.6 Å². The molecule has 0 saturated heterocycles. The van der Waals surface area contributed by atoms with Crippen molar-refractivity contribution in [2.24, 2.45) is 5.10 Å². The van der Waals surface area contributed by atoms with Crippen LogP contribution in [0.15, 0.2) is 90.0 Å². The van der Waals surface area contributed by atoms with Gasteiger partial charge >= 0.3 is 0 Å². The molecular weight excluding hydrogens is 326 g/mol. The zero-order valence-electron chi connectivity index (χ0n) is 14.4. The van der Waals surface area contributed by atoms with E-state index in [1.54, 1.807) is 12.1 Å². The average molecular weight is 345 g/mol. The Balaban J connectivity index is 1.90. The van der Waals surface area contributed by atoms with Crippen LogP contribution < -0.4 is 5.01 Å². The number of nitrogens with zero attached hydrogens (tertiary/aromatic N) is 3. The fourth-order valence-electron chi connectivity index (χ4n) is 2.60. The van der Waals surface area contributed by atoms with E-state index in [-0.39, 0.29) is 5.69 Å². The van der Waals surface area contributed by atoms with Crippen molar-refractivity contribution in [3.8, 4) is 0 Å². The Morgan fingerprint density at radius 2 is 1.50 bits per heavy atom. The molecule has 0 atom stereocenters. The van der Waals surface area contributed by atoms with E-state index in [9.17, 15) is 10.1 Å². The molecule has 0 heterocycles. The van der Waals surface area contributed by atoms with Gasteiger partial charge in [-0.2, -0.15) is 5.10 Å². The smallest absolute Gasteiger partial charge is 0.261 e. The normalized spacial score (nSPS) is 11.2. The first-order valence-corrected chi connectivity index (χ1v) is 8.30. The summed E-state index contributed by atoms with van der Waals surface area (Å²) in [6.45, 7) is 2.54. The van der Waals surface area contributed by atoms with Gasteiger partial charge in [0.15, 0.2) is 0 Å². The number of benzene rings is 3. The van der Waals surface area contributed by atoms with Gasteiger partial charge in [-0.3, -0.25) is 15.1 Å². The van der Waals surface area contributed by atoms with Crippen LogP contribution in [-0.2, 0) is 6.54 Å². The van der Waals surface area contributed by atoms with E-state index in [2.05, 4.69) is 12.1 Å². The minimum Gasteiger partial charge on any atom is -0.261 e. The monoisotopic (exact) mass is 345 g/mol. The van der Waals surface area contributed by atoms with Gasteiger partial charge in [0.25, 0.3) is 5.69 Å². The lowest BCUT2D eigenvalue weighted by Gasteiger charge is -2.20. The molecule has 130 valence electrons. The predicted molar refractivity (Wildman–Crippen MR) is 104 cm³/mol. The number of para-hydroxylation sites is 1. The molecule has 0 N–H and O–H groups in total. The second-order valence-corrected chi connectivity index (χ2v) is 5.87. The molecule has 0 amide bonds. The lowest BCUT2D eigenvalue weighted by molar-refractivity contribution is -0.384. The van der Waals surface area contributed by atoms with Crippen LogP contribution in [0.4, 0.5) is 11.4 Å². The Morgan fingerprint density at radius 1 is 0.923 bits per heavy atom. The first-order chi connectivity index (χ1) is 12.6. The number of hydrogen-bond acceptors (Lipinski definition) is 4. The number of anilines is 1. The summed E-state index contributed by atoms with van der Waals surface area (Å²) >= 11 is 0. The minimum atomic E-state index is -0.401. The molecule has 0 spiro atoms. The lowest BCUT2D eigenvalue weighted by atomic mass is 10.1. The summed E-state index contributed by atoms with van der Waals surface area (Å²) in [5.74, 6) is 0. The van der Waals surface area contributed by atoms with Crippen molar-refractivity contribution in [2.45, 2.75) is 13.5 Å². The summed E-state index contributed by atoms with van der Waals surface area (Å²) in [5.41, 5.74) is 3.85. The number of hydrazone groups is 1. The summed E-state index contributed by atoms with van der Waals surface area (Å²) in [6, 6.07) is 26.5. The predicted octanol–water partition coefficient (Wildman–Crippen LogP) is 5.03. The molecule has 0 aliphatic carbocycles. The summed E-state index contributed by atoms with van der Waals surface area (Å²) in [5, 5.41) is 17.5. The molecule has 0 saturated carbocycles. The molecule has 5 heteroatoms. The van der Waals surface area contributed by atoms with Crippen molar-refractivity contribution >= 4 is 17.1 Å². The third-order valence-electron chi connectivity index (χ3n) is 4.00. The molecule has 0 fully saturated rings. The first kappa shape index (κ1) is 17.4. The van der Waals surface area contributed by atoms with Crippen LogP contribution in [0.5, 0.6) is 0 Å². The van der Waals surface area contributed by atoms with Crippen molar-refractivity contribution in [2.75, 3.05) is 5.01 Å². The number of non-ortho nitro benzene ring substituents is 1. The molecule has 0 aliphatic heterocycles. The van der Waals surface area contributed by atoms with Gasteiger partial charge in [0.1, 0.15) is 0 Å². The third-order valence-corrected chi connectivity index (χ3v) is 4.00. The van der Waals surface area contributed by atoms with Gasteiger partial charge in [0.05, 0.1) is 22.9 Å². The summed E-state index contributed by atoms with van der Waals surface area (Å²) < 4.78 is 0. The van der Waals surface area contributed by atoms with Crippen LogP contribution in [0.25, 0.3) is 0 Å². The first-order valence-electron chi connectivity index (χ1n) is 8.30. The molecule has 26 heavy (non-hydrogen) atoms. The highest BCUT2D eigenvalue weighted by molar-refractivity contribution is 5.99. The van der Waals surface area contributed by atoms with E-state index >= 15 is 0 Å². The summed E-state index contributed by atoms with van der Waals surface area (Å²) in [4.78, 5) is 10.4. The van der Waals surface area contributed by atoms with E-state index < -0.39 is 4.92 Å². The van der Waals surface area contributed by atoms with E-state index in [0.717, 1.165) is 22.5 Å². The summed E-state index contributed by atoms with van der Waals surface area (Å²) in [6.07, 6.45) is 0. The van der Waals surface area contributed by atoms with Crippen LogP contribution >= 0.6 is 0 Å². The highest BCUT2D eigenvalue weighted by Crippen LogP contribution is 2.19. The van der Waals surface area contributed by atoms with Gasteiger partial charge in [0, 0.05) is 12.1 Å². The number of rotatable bonds is 6. The zero-order chi connectivity index (χ0) is 18.4. The Morgan fingerprint density at radius 3 is 2.08 bits per heavy atom. The van der Waals surface area contributed by atoms with Crippen molar-refractivity contribution in [3.05, 3.63) is 106 Å². The topological polar surface area (TPSA) is 58.7 Å². The number of nitro groups is 1. The minimum absolute atomic E-state index is 0.0748. The Kier molecular flexibility index (Phi) is 5.39. The molecule has 0 aliphatic rings. The van der Waals surface area contributed by atoms with E-state index in [1.807, 2.05) is 60.5 Å². The van der Waals surface area contributed by atoms with Crippen LogP contribution in [0.1, 0.15) is 18.1 Å². The van der Waals surface area contributed by atoms with Crippen LogP contribution in [0, 0.1) is 10.1 Å². The Bertz CT molecular complexity index is 892. The second kappa shape index (κ2) is 8.07. The van der Waals surface area contributed by atoms with Gasteiger partial charge in [0.2, 0.25) is 0 Å². The molecular formula is C21H19N3O2. The zero-order valence-corrected chi connectivity index (χ0v) is 14.4. The maximum absolute atomic E-state index is 10.8. The maximum Gasteiger partial charge on any atom is 0.269 e. The molecule has 0 radical (unpaired) electrons. The molecule has 0 bridgehead atoms. The van der Waals surface area contributed by atoms with Gasteiger partial charge in [-0.05, 0) is 42.3 Å². The summed E-state index contributed by atoms with van der Waals surface area (Å²) in [7, 11) is 0. The molecule has 0 unspecified atom stereocenters. The standard InChI is InChI=1S/C21H19N3O2/c1-17(19-12-14-21(15-13-19)24(25)26)22-23(20-10-6-3-7-11-20)16-18-8-4-2-5-9-18/h2-15H,16H2,1H3. The average Bonchev–Trinajstić information content (AvgIpc) is 2.69. The van der Waals surface area contributed by atoms with Gasteiger partial charge in [-0.15, -0.1) is 0 Å².